The molecule has 4 heteroatoms. The Balaban J connectivity index is 2.09. The van der Waals surface area contributed by atoms with E-state index in [0.717, 1.165) is 12.8 Å². The Morgan fingerprint density at radius 3 is 2.50 bits per heavy atom. The predicted molar refractivity (Wildman–Crippen MR) is 64.8 cm³/mol. The van der Waals surface area contributed by atoms with Crippen LogP contribution in [0, 0.1) is 11.8 Å². The Morgan fingerprint density at radius 1 is 1.17 bits per heavy atom. The van der Waals surface area contributed by atoms with E-state index in [1.165, 1.54) is 0 Å². The van der Waals surface area contributed by atoms with Gasteiger partial charge in [-0.3, -0.25) is 4.79 Å². The standard InChI is InChI=1S/C14H22O4/c1-8-6-12(3)10-9(2)11(15)17-14(5,16-10)13(4,7-8)18-12/h8-10H,6-7H2,1-5H3. The van der Waals surface area contributed by atoms with Crippen molar-refractivity contribution in [3.63, 3.8) is 0 Å². The number of ether oxygens (including phenoxy) is 3. The van der Waals surface area contributed by atoms with Crippen LogP contribution in [0.3, 0.4) is 0 Å². The van der Waals surface area contributed by atoms with Crippen LogP contribution in [-0.2, 0) is 19.0 Å². The number of carbonyl (C=O) groups excluding carboxylic acids is 1. The smallest absolute Gasteiger partial charge is 0.314 e. The van der Waals surface area contributed by atoms with Gasteiger partial charge in [0.05, 0.1) is 11.5 Å². The van der Waals surface area contributed by atoms with Gasteiger partial charge < -0.3 is 14.2 Å². The second kappa shape index (κ2) is 3.28. The summed E-state index contributed by atoms with van der Waals surface area (Å²) in [4.78, 5) is 12.1. The molecule has 6 atom stereocenters. The van der Waals surface area contributed by atoms with E-state index in [-0.39, 0.29) is 23.6 Å². The molecule has 3 aliphatic rings. The highest BCUT2D eigenvalue weighted by atomic mass is 16.8. The molecular formula is C14H22O4. The average molecular weight is 254 g/mol. The Morgan fingerprint density at radius 2 is 1.83 bits per heavy atom. The molecule has 0 aromatic rings. The van der Waals surface area contributed by atoms with Gasteiger partial charge in [-0.15, -0.1) is 0 Å². The summed E-state index contributed by atoms with van der Waals surface area (Å²) < 4.78 is 18.1. The number of esters is 1. The summed E-state index contributed by atoms with van der Waals surface area (Å²) in [6.45, 7) is 10.0. The third-order valence-electron chi connectivity index (χ3n) is 4.99. The summed E-state index contributed by atoms with van der Waals surface area (Å²) in [6.07, 6.45) is 1.58. The molecule has 0 amide bonds. The van der Waals surface area contributed by atoms with E-state index in [1.54, 1.807) is 0 Å². The zero-order chi connectivity index (χ0) is 13.3. The van der Waals surface area contributed by atoms with Crippen molar-refractivity contribution in [1.82, 2.24) is 0 Å². The number of fused-ring (bicyclic) bond motifs is 6. The van der Waals surface area contributed by atoms with Crippen LogP contribution in [0.5, 0.6) is 0 Å². The lowest BCUT2D eigenvalue weighted by Crippen LogP contribution is -2.75. The first-order valence-corrected chi connectivity index (χ1v) is 6.80. The molecule has 0 N–H and O–H groups in total. The van der Waals surface area contributed by atoms with Crippen LogP contribution < -0.4 is 0 Å². The van der Waals surface area contributed by atoms with Crippen molar-refractivity contribution < 1.29 is 19.0 Å². The Kier molecular flexibility index (Phi) is 2.27. The molecule has 3 heterocycles. The molecule has 6 unspecified atom stereocenters. The molecule has 0 aromatic carbocycles. The third kappa shape index (κ3) is 1.36. The van der Waals surface area contributed by atoms with E-state index < -0.39 is 11.4 Å². The molecule has 102 valence electrons. The molecule has 4 nitrogen and oxygen atoms in total. The number of rotatable bonds is 0. The van der Waals surface area contributed by atoms with Crippen molar-refractivity contribution in [2.45, 2.75) is 70.6 Å². The van der Waals surface area contributed by atoms with E-state index in [2.05, 4.69) is 13.8 Å². The highest BCUT2D eigenvalue weighted by Gasteiger charge is 2.68. The molecule has 0 saturated carbocycles. The first-order valence-electron chi connectivity index (χ1n) is 6.80. The molecule has 18 heavy (non-hydrogen) atoms. The fraction of sp³-hybridized carbons (Fsp3) is 0.929. The normalized spacial score (nSPS) is 59.2. The van der Waals surface area contributed by atoms with Crippen LogP contribution in [0.15, 0.2) is 0 Å². The minimum absolute atomic E-state index is 0.163. The van der Waals surface area contributed by atoms with Gasteiger partial charge in [-0.1, -0.05) is 6.92 Å². The molecule has 0 spiro atoms. The SMILES string of the molecule is CC1CC2(C)OC(C)(C1)C1(C)OC(=O)C(C)C2O1. The van der Waals surface area contributed by atoms with Gasteiger partial charge in [-0.2, -0.15) is 0 Å². The molecule has 3 aliphatic heterocycles. The molecule has 0 radical (unpaired) electrons. The maximum absolute atomic E-state index is 12.1. The van der Waals surface area contributed by atoms with Gasteiger partial charge in [0.25, 0.3) is 0 Å². The van der Waals surface area contributed by atoms with Gasteiger partial charge in [0.2, 0.25) is 5.79 Å². The van der Waals surface area contributed by atoms with Crippen LogP contribution >= 0.6 is 0 Å². The molecular weight excluding hydrogens is 232 g/mol. The van der Waals surface area contributed by atoms with E-state index in [1.807, 2.05) is 20.8 Å². The largest absolute Gasteiger partial charge is 0.430 e. The lowest BCUT2D eigenvalue weighted by Gasteiger charge is -2.64. The highest BCUT2D eigenvalue weighted by molar-refractivity contribution is 5.74. The maximum Gasteiger partial charge on any atom is 0.314 e. The minimum Gasteiger partial charge on any atom is -0.430 e. The van der Waals surface area contributed by atoms with Gasteiger partial charge in [0.15, 0.2) is 0 Å². The molecule has 3 rings (SSSR count). The second-order valence-corrected chi connectivity index (χ2v) is 6.85. The number of carbonyl (C=O) groups is 1. The minimum atomic E-state index is -0.949. The quantitative estimate of drug-likeness (QED) is 0.622. The van der Waals surface area contributed by atoms with Gasteiger partial charge in [-0.05, 0) is 39.5 Å². The van der Waals surface area contributed by atoms with E-state index >= 15 is 0 Å². The van der Waals surface area contributed by atoms with Crippen LogP contribution in [0.25, 0.3) is 0 Å². The van der Waals surface area contributed by atoms with Gasteiger partial charge in [0, 0.05) is 6.92 Å². The summed E-state index contributed by atoms with van der Waals surface area (Å²) in [7, 11) is 0. The second-order valence-electron chi connectivity index (χ2n) is 6.85. The summed E-state index contributed by atoms with van der Waals surface area (Å²) in [5.41, 5.74) is -0.934. The van der Waals surface area contributed by atoms with E-state index in [0.29, 0.717) is 5.92 Å². The monoisotopic (exact) mass is 254 g/mol. The maximum atomic E-state index is 12.1. The number of hydrogen-bond acceptors (Lipinski definition) is 4. The Labute approximate surface area is 108 Å². The van der Waals surface area contributed by atoms with Gasteiger partial charge in [0.1, 0.15) is 11.7 Å². The summed E-state index contributed by atoms with van der Waals surface area (Å²) in [5.74, 6) is -0.833. The van der Waals surface area contributed by atoms with E-state index in [9.17, 15) is 4.79 Å². The molecule has 3 saturated heterocycles. The Hall–Kier alpha value is -0.610. The third-order valence-corrected chi connectivity index (χ3v) is 4.99. The zero-order valence-corrected chi connectivity index (χ0v) is 11.8. The molecule has 4 bridgehead atoms. The summed E-state index contributed by atoms with van der Waals surface area (Å²) in [5, 5.41) is 0. The lowest BCUT2D eigenvalue weighted by atomic mass is 9.69. The van der Waals surface area contributed by atoms with Crippen molar-refractivity contribution in [3.8, 4) is 0 Å². The van der Waals surface area contributed by atoms with Crippen LogP contribution in [-0.4, -0.2) is 29.1 Å². The average Bonchev–Trinajstić information content (AvgIpc) is 2.20. The fourth-order valence-electron chi connectivity index (χ4n) is 4.14. The predicted octanol–water partition coefficient (Wildman–Crippen LogP) is 2.26. The zero-order valence-electron chi connectivity index (χ0n) is 11.8. The van der Waals surface area contributed by atoms with Crippen molar-refractivity contribution in [2.24, 2.45) is 11.8 Å². The summed E-state index contributed by atoms with van der Waals surface area (Å²) in [6, 6.07) is 0. The topological polar surface area (TPSA) is 44.8 Å². The van der Waals surface area contributed by atoms with Crippen LogP contribution in [0.2, 0.25) is 0 Å². The van der Waals surface area contributed by atoms with Crippen molar-refractivity contribution >= 4 is 5.97 Å². The van der Waals surface area contributed by atoms with E-state index in [4.69, 9.17) is 14.2 Å². The van der Waals surface area contributed by atoms with Crippen molar-refractivity contribution in [2.75, 3.05) is 0 Å². The summed E-state index contributed by atoms with van der Waals surface area (Å²) >= 11 is 0. The van der Waals surface area contributed by atoms with Gasteiger partial charge in [-0.25, -0.2) is 0 Å². The molecule has 0 aromatic heterocycles. The first-order chi connectivity index (χ1) is 8.19. The molecule has 0 aliphatic carbocycles. The Bertz CT molecular complexity index is 409. The first kappa shape index (κ1) is 12.4. The highest BCUT2D eigenvalue weighted by Crippen LogP contribution is 2.56. The van der Waals surface area contributed by atoms with Crippen molar-refractivity contribution in [3.05, 3.63) is 0 Å². The van der Waals surface area contributed by atoms with Gasteiger partial charge >= 0.3 is 5.97 Å². The van der Waals surface area contributed by atoms with Crippen LogP contribution in [0.1, 0.15) is 47.5 Å². The van der Waals surface area contributed by atoms with Crippen LogP contribution in [0.4, 0.5) is 0 Å². The number of hydrogen-bond donors (Lipinski definition) is 0. The molecule has 3 fully saturated rings. The lowest BCUT2D eigenvalue weighted by molar-refractivity contribution is -0.441. The van der Waals surface area contributed by atoms with Crippen molar-refractivity contribution in [1.29, 1.82) is 0 Å². The fourth-order valence-corrected chi connectivity index (χ4v) is 4.14.